The van der Waals surface area contributed by atoms with Gasteiger partial charge in [0.2, 0.25) is 11.6 Å². The molecule has 4 nitrogen and oxygen atoms in total. The van der Waals surface area contributed by atoms with Crippen molar-refractivity contribution in [3.8, 4) is 0 Å². The molecular formula is C26H34N3O+. The molecule has 0 fully saturated rings. The third-order valence-corrected chi connectivity index (χ3v) is 5.88. The van der Waals surface area contributed by atoms with Gasteiger partial charge in [0, 0.05) is 62.7 Å². The molecule has 158 valence electrons. The molecule has 0 N–H and O–H groups in total. The lowest BCUT2D eigenvalue weighted by atomic mass is 9.81. The van der Waals surface area contributed by atoms with Gasteiger partial charge in [-0.05, 0) is 38.1 Å². The molecule has 1 aliphatic heterocycles. The average molecular weight is 405 g/mol. The number of amides is 1. The van der Waals surface area contributed by atoms with Crippen LogP contribution in [-0.2, 0) is 10.2 Å². The van der Waals surface area contributed by atoms with Crippen LogP contribution in [0.15, 0.2) is 60.8 Å². The van der Waals surface area contributed by atoms with Crippen LogP contribution in [0.1, 0.15) is 46.1 Å². The lowest BCUT2D eigenvalue weighted by Crippen LogP contribution is -2.29. The minimum atomic E-state index is -0.148. The summed E-state index contributed by atoms with van der Waals surface area (Å²) in [5.41, 5.74) is 5.77. The van der Waals surface area contributed by atoms with E-state index >= 15 is 0 Å². The Morgan fingerprint density at radius 2 is 1.77 bits per heavy atom. The number of carbonyl (C=O) groups excluding carboxylic acids is 1. The number of hydrogen-bond acceptors (Lipinski definition) is 2. The summed E-state index contributed by atoms with van der Waals surface area (Å²) in [4.78, 5) is 16.2. The van der Waals surface area contributed by atoms with E-state index in [4.69, 9.17) is 0 Å². The number of para-hydroxylation sites is 1. The van der Waals surface area contributed by atoms with Gasteiger partial charge in [-0.25, -0.2) is 0 Å². The molecule has 2 aromatic rings. The Morgan fingerprint density at radius 1 is 1.07 bits per heavy atom. The molecule has 0 bridgehead atoms. The fraction of sp³-hybridized carbons (Fsp3) is 0.385. The van der Waals surface area contributed by atoms with Crippen LogP contribution in [0.25, 0.3) is 0 Å². The van der Waals surface area contributed by atoms with Crippen molar-refractivity contribution in [3.05, 3.63) is 66.4 Å². The van der Waals surface area contributed by atoms with E-state index in [1.54, 1.807) is 11.8 Å². The molecular weight excluding hydrogens is 370 g/mol. The third-order valence-electron chi connectivity index (χ3n) is 5.88. The maximum absolute atomic E-state index is 12.3. The second kappa shape index (κ2) is 8.86. The van der Waals surface area contributed by atoms with E-state index in [0.717, 1.165) is 25.1 Å². The quantitative estimate of drug-likeness (QED) is 0.570. The minimum Gasteiger partial charge on any atom is -0.378 e. The molecule has 0 unspecified atom stereocenters. The van der Waals surface area contributed by atoms with Gasteiger partial charge in [-0.1, -0.05) is 31.5 Å². The molecule has 2 aromatic carbocycles. The van der Waals surface area contributed by atoms with Crippen molar-refractivity contribution >= 4 is 28.7 Å². The summed E-state index contributed by atoms with van der Waals surface area (Å²) in [6.45, 7) is 9.35. The Labute approximate surface area is 181 Å². The van der Waals surface area contributed by atoms with Crippen LogP contribution >= 0.6 is 0 Å². The van der Waals surface area contributed by atoms with Crippen molar-refractivity contribution in [1.29, 1.82) is 0 Å². The molecule has 3 rings (SSSR count). The van der Waals surface area contributed by atoms with Crippen molar-refractivity contribution in [2.75, 3.05) is 30.4 Å². The summed E-state index contributed by atoms with van der Waals surface area (Å²) in [7, 11) is 4.15. The largest absolute Gasteiger partial charge is 0.378 e. The summed E-state index contributed by atoms with van der Waals surface area (Å²) in [5, 5.41) is 0. The normalized spacial score (nSPS) is 14.9. The second-order valence-electron chi connectivity index (χ2n) is 8.65. The topological polar surface area (TPSA) is 26.6 Å². The Morgan fingerprint density at radius 3 is 2.37 bits per heavy atom. The number of nitrogens with zero attached hydrogens (tertiary/aromatic N) is 3. The van der Waals surface area contributed by atoms with Crippen LogP contribution < -0.4 is 9.80 Å². The first-order chi connectivity index (χ1) is 14.3. The summed E-state index contributed by atoms with van der Waals surface area (Å²) >= 11 is 0. The second-order valence-corrected chi connectivity index (χ2v) is 8.65. The summed E-state index contributed by atoms with van der Waals surface area (Å²) in [6.07, 6.45) is 6.31. The van der Waals surface area contributed by atoms with E-state index in [2.05, 4.69) is 68.6 Å². The van der Waals surface area contributed by atoms with Crippen molar-refractivity contribution < 1.29 is 9.37 Å². The van der Waals surface area contributed by atoms with Crippen LogP contribution in [0.5, 0.6) is 0 Å². The number of hydrogen-bond donors (Lipinski definition) is 0. The lowest BCUT2D eigenvalue weighted by Gasteiger charge is -2.20. The smallest absolute Gasteiger partial charge is 0.227 e. The molecule has 30 heavy (non-hydrogen) atoms. The molecule has 1 amide bonds. The van der Waals surface area contributed by atoms with Crippen LogP contribution in [-0.4, -0.2) is 36.8 Å². The predicted octanol–water partition coefficient (Wildman–Crippen LogP) is 5.50. The first kappa shape index (κ1) is 21.8. The molecule has 0 saturated heterocycles. The molecule has 4 heteroatoms. The van der Waals surface area contributed by atoms with Gasteiger partial charge in [-0.3, -0.25) is 9.69 Å². The highest BCUT2D eigenvalue weighted by molar-refractivity contribution is 6.04. The Hall–Kier alpha value is -2.88. The van der Waals surface area contributed by atoms with E-state index in [-0.39, 0.29) is 11.3 Å². The molecule has 0 atom stereocenters. The molecule has 0 aliphatic carbocycles. The van der Waals surface area contributed by atoms with Gasteiger partial charge in [0.05, 0.1) is 5.41 Å². The van der Waals surface area contributed by atoms with Gasteiger partial charge >= 0.3 is 0 Å². The van der Waals surface area contributed by atoms with Crippen LogP contribution in [0, 0.1) is 0 Å². The Bertz CT molecular complexity index is 971. The highest BCUT2D eigenvalue weighted by Gasteiger charge is 2.44. The Kier molecular flexibility index (Phi) is 6.45. The van der Waals surface area contributed by atoms with Crippen LogP contribution in [0.4, 0.5) is 17.1 Å². The van der Waals surface area contributed by atoms with Crippen molar-refractivity contribution in [1.82, 2.24) is 0 Å². The number of fused-ring (bicyclic) bond motifs is 1. The number of rotatable bonds is 7. The molecule has 1 aliphatic rings. The number of allylic oxidation sites excluding steroid dienone is 1. The zero-order valence-corrected chi connectivity index (χ0v) is 19.1. The highest BCUT2D eigenvalue weighted by atomic mass is 16.2. The molecule has 0 radical (unpaired) electrons. The van der Waals surface area contributed by atoms with Gasteiger partial charge in [-0.2, -0.15) is 4.58 Å². The van der Waals surface area contributed by atoms with E-state index in [1.807, 2.05) is 36.5 Å². The maximum atomic E-state index is 12.3. The number of carbonyl (C=O) groups is 1. The standard InChI is InChI=1S/C26H34N3O/c1-7-8-17-29-24-15-14-22(27(5)6)19-23(24)26(3,4)25(29)16-18-28(20(2)30)21-12-10-9-11-13-21/h9-16,18-19H,7-8,17H2,1-6H3/q+1. The minimum absolute atomic E-state index is 0.00127. The SMILES string of the molecule is CCCC[N+]1=C(/C=C/N(C(C)=O)c2ccccc2)C(C)(C)c2cc(N(C)C)ccc21. The lowest BCUT2D eigenvalue weighted by molar-refractivity contribution is -0.438. The van der Waals surface area contributed by atoms with E-state index < -0.39 is 0 Å². The first-order valence-corrected chi connectivity index (χ1v) is 10.8. The summed E-state index contributed by atoms with van der Waals surface area (Å²) < 4.78 is 2.43. The number of unbranched alkanes of at least 4 members (excludes halogenated alkanes) is 1. The van der Waals surface area contributed by atoms with Crippen LogP contribution in [0.2, 0.25) is 0 Å². The van der Waals surface area contributed by atoms with Gasteiger partial charge < -0.3 is 4.90 Å². The van der Waals surface area contributed by atoms with Crippen molar-refractivity contribution in [2.24, 2.45) is 0 Å². The first-order valence-electron chi connectivity index (χ1n) is 10.8. The van der Waals surface area contributed by atoms with Crippen molar-refractivity contribution in [2.45, 2.75) is 46.0 Å². The highest BCUT2D eigenvalue weighted by Crippen LogP contribution is 2.42. The zero-order chi connectivity index (χ0) is 21.9. The van der Waals surface area contributed by atoms with E-state index in [0.29, 0.717) is 0 Å². The fourth-order valence-corrected chi connectivity index (χ4v) is 4.11. The monoisotopic (exact) mass is 404 g/mol. The van der Waals surface area contributed by atoms with Gasteiger partial charge in [0.1, 0.15) is 6.54 Å². The average Bonchev–Trinajstić information content (AvgIpc) is 2.93. The van der Waals surface area contributed by atoms with Crippen molar-refractivity contribution in [3.63, 3.8) is 0 Å². The van der Waals surface area contributed by atoms with Crippen LogP contribution in [0.3, 0.4) is 0 Å². The zero-order valence-electron chi connectivity index (χ0n) is 19.1. The molecule has 1 heterocycles. The molecule has 0 aromatic heterocycles. The summed E-state index contributed by atoms with van der Waals surface area (Å²) in [5.74, 6) is 0.00127. The fourth-order valence-electron chi connectivity index (χ4n) is 4.11. The van der Waals surface area contributed by atoms with E-state index in [9.17, 15) is 4.79 Å². The van der Waals surface area contributed by atoms with Gasteiger partial charge in [-0.15, -0.1) is 0 Å². The molecule has 0 saturated carbocycles. The molecule has 0 spiro atoms. The Balaban J connectivity index is 2.07. The van der Waals surface area contributed by atoms with E-state index in [1.165, 1.54) is 22.6 Å². The number of benzene rings is 2. The number of anilines is 2. The predicted molar refractivity (Wildman–Crippen MR) is 127 cm³/mol. The summed E-state index contributed by atoms with van der Waals surface area (Å²) in [6, 6.07) is 16.5. The third kappa shape index (κ3) is 4.18. The van der Waals surface area contributed by atoms with Gasteiger partial charge in [0.15, 0.2) is 5.71 Å². The maximum Gasteiger partial charge on any atom is 0.227 e. The van der Waals surface area contributed by atoms with Gasteiger partial charge in [0.25, 0.3) is 0 Å².